The van der Waals surface area contributed by atoms with Gasteiger partial charge in [0.15, 0.2) is 6.54 Å². The summed E-state index contributed by atoms with van der Waals surface area (Å²) >= 11 is 1.69. The van der Waals surface area contributed by atoms with Crippen LogP contribution in [0.15, 0.2) is 41.8 Å². The fourth-order valence-corrected chi connectivity index (χ4v) is 4.21. The van der Waals surface area contributed by atoms with E-state index in [0.29, 0.717) is 6.54 Å². The SMILES string of the molecule is COc1ccc(C[NH+]2CC[NH+](CC(=O)N[C@@H](C)c3cccs3)CC2)cc1. The molecule has 0 spiro atoms. The van der Waals surface area contributed by atoms with E-state index < -0.39 is 0 Å². The molecule has 26 heavy (non-hydrogen) atoms. The summed E-state index contributed by atoms with van der Waals surface area (Å²) in [6.45, 7) is 7.98. The van der Waals surface area contributed by atoms with Crippen molar-refractivity contribution in [3.63, 3.8) is 0 Å². The van der Waals surface area contributed by atoms with Crippen molar-refractivity contribution in [1.29, 1.82) is 0 Å². The molecule has 2 aromatic rings. The number of hydrogen-bond acceptors (Lipinski definition) is 3. The van der Waals surface area contributed by atoms with E-state index in [1.54, 1.807) is 23.3 Å². The Morgan fingerprint density at radius 2 is 1.85 bits per heavy atom. The van der Waals surface area contributed by atoms with Gasteiger partial charge in [-0.15, -0.1) is 11.3 Å². The van der Waals surface area contributed by atoms with Crippen LogP contribution < -0.4 is 19.9 Å². The van der Waals surface area contributed by atoms with E-state index >= 15 is 0 Å². The lowest BCUT2D eigenvalue weighted by molar-refractivity contribution is -1.02. The number of benzene rings is 1. The van der Waals surface area contributed by atoms with Crippen LogP contribution in [-0.2, 0) is 11.3 Å². The van der Waals surface area contributed by atoms with Gasteiger partial charge < -0.3 is 19.9 Å². The summed E-state index contributed by atoms with van der Waals surface area (Å²) in [4.78, 5) is 16.5. The van der Waals surface area contributed by atoms with Gasteiger partial charge >= 0.3 is 0 Å². The Morgan fingerprint density at radius 1 is 1.15 bits per heavy atom. The molecule has 1 aromatic carbocycles. The summed E-state index contributed by atoms with van der Waals surface area (Å²) in [5.41, 5.74) is 1.34. The summed E-state index contributed by atoms with van der Waals surface area (Å²) in [5, 5.41) is 5.17. The van der Waals surface area contributed by atoms with Crippen molar-refractivity contribution in [2.75, 3.05) is 39.8 Å². The number of carbonyl (C=O) groups is 1. The van der Waals surface area contributed by atoms with E-state index in [1.807, 2.05) is 23.6 Å². The molecule has 0 unspecified atom stereocenters. The van der Waals surface area contributed by atoms with E-state index in [-0.39, 0.29) is 11.9 Å². The Hall–Kier alpha value is -1.89. The molecule has 1 aromatic heterocycles. The van der Waals surface area contributed by atoms with Gasteiger partial charge in [-0.1, -0.05) is 6.07 Å². The van der Waals surface area contributed by atoms with Crippen molar-refractivity contribution < 1.29 is 19.3 Å². The molecule has 3 rings (SSSR count). The number of quaternary nitrogens is 2. The minimum Gasteiger partial charge on any atom is -0.497 e. The highest BCUT2D eigenvalue weighted by Gasteiger charge is 2.25. The minimum absolute atomic E-state index is 0.101. The number of amides is 1. The van der Waals surface area contributed by atoms with Gasteiger partial charge in [0.2, 0.25) is 0 Å². The number of nitrogens with one attached hydrogen (secondary N) is 3. The van der Waals surface area contributed by atoms with Gasteiger partial charge in [-0.2, -0.15) is 0 Å². The van der Waals surface area contributed by atoms with Crippen LogP contribution >= 0.6 is 11.3 Å². The summed E-state index contributed by atoms with van der Waals surface area (Å²) in [6, 6.07) is 12.5. The molecule has 1 atom stereocenters. The molecule has 1 amide bonds. The number of thiophene rings is 1. The van der Waals surface area contributed by atoms with Gasteiger partial charge in [0, 0.05) is 10.4 Å². The molecule has 1 fully saturated rings. The third-order valence-corrected chi connectivity index (χ3v) is 6.09. The van der Waals surface area contributed by atoms with Crippen molar-refractivity contribution in [3.05, 3.63) is 52.2 Å². The fourth-order valence-electron chi connectivity index (χ4n) is 3.47. The van der Waals surface area contributed by atoms with Gasteiger partial charge in [-0.05, 0) is 42.6 Å². The molecule has 0 saturated carbocycles. The smallest absolute Gasteiger partial charge is 0.275 e. The van der Waals surface area contributed by atoms with Crippen molar-refractivity contribution in [2.45, 2.75) is 19.5 Å². The van der Waals surface area contributed by atoms with Crippen molar-refractivity contribution in [1.82, 2.24) is 5.32 Å². The van der Waals surface area contributed by atoms with Crippen LogP contribution in [-0.4, -0.2) is 45.7 Å². The first-order valence-electron chi connectivity index (χ1n) is 9.27. The molecule has 5 nitrogen and oxygen atoms in total. The third-order valence-electron chi connectivity index (χ3n) is 5.04. The topological polar surface area (TPSA) is 47.2 Å². The molecule has 1 aliphatic rings. The third kappa shape index (κ3) is 5.30. The Kier molecular flexibility index (Phi) is 6.66. The largest absolute Gasteiger partial charge is 0.497 e. The summed E-state index contributed by atoms with van der Waals surface area (Å²) in [7, 11) is 1.69. The molecule has 0 radical (unpaired) electrons. The van der Waals surface area contributed by atoms with E-state index in [2.05, 4.69) is 30.4 Å². The molecular weight excluding hydrogens is 346 g/mol. The van der Waals surface area contributed by atoms with Crippen LogP contribution in [0.1, 0.15) is 23.4 Å². The van der Waals surface area contributed by atoms with Crippen LogP contribution in [0.2, 0.25) is 0 Å². The summed E-state index contributed by atoms with van der Waals surface area (Å²) in [5.74, 6) is 1.06. The Morgan fingerprint density at radius 3 is 2.46 bits per heavy atom. The lowest BCUT2D eigenvalue weighted by Gasteiger charge is -2.29. The van der Waals surface area contributed by atoms with Crippen LogP contribution in [0.4, 0.5) is 0 Å². The number of ether oxygens (including phenoxy) is 1. The number of carbonyl (C=O) groups excluding carboxylic acids is 1. The minimum atomic E-state index is 0.101. The van der Waals surface area contributed by atoms with Crippen molar-refractivity contribution >= 4 is 17.2 Å². The highest BCUT2D eigenvalue weighted by molar-refractivity contribution is 7.10. The highest BCUT2D eigenvalue weighted by atomic mass is 32.1. The van der Waals surface area contributed by atoms with Gasteiger partial charge in [-0.25, -0.2) is 0 Å². The first-order chi connectivity index (χ1) is 12.6. The van der Waals surface area contributed by atoms with Crippen LogP contribution in [0, 0.1) is 0 Å². The standard InChI is InChI=1S/C20H27N3O2S/c1-16(19-4-3-13-26-19)21-20(24)15-23-11-9-22(10-12-23)14-17-5-7-18(25-2)8-6-17/h3-8,13,16H,9-12,14-15H2,1-2H3,(H,21,24)/p+2/t16-/m0/s1. The van der Waals surface area contributed by atoms with E-state index in [9.17, 15) is 4.79 Å². The van der Waals surface area contributed by atoms with Gasteiger partial charge in [-0.3, -0.25) is 4.79 Å². The summed E-state index contributed by atoms with van der Waals surface area (Å²) < 4.78 is 5.21. The second kappa shape index (κ2) is 9.16. The second-order valence-corrected chi connectivity index (χ2v) is 7.99. The molecule has 1 aliphatic heterocycles. The average molecular weight is 376 g/mol. The van der Waals surface area contributed by atoms with Crippen molar-refractivity contribution in [3.8, 4) is 5.75 Å². The van der Waals surface area contributed by atoms with Crippen molar-refractivity contribution in [2.24, 2.45) is 0 Å². The molecule has 3 N–H and O–H groups in total. The maximum atomic E-state index is 12.3. The normalized spacial score (nSPS) is 21.2. The predicted molar refractivity (Wildman–Crippen MR) is 104 cm³/mol. The number of methoxy groups -OCH3 is 1. The average Bonchev–Trinajstić information content (AvgIpc) is 3.19. The number of piperazine rings is 1. The zero-order chi connectivity index (χ0) is 18.4. The fraction of sp³-hybridized carbons (Fsp3) is 0.450. The van der Waals surface area contributed by atoms with Crippen LogP contribution in [0.3, 0.4) is 0 Å². The quantitative estimate of drug-likeness (QED) is 0.634. The van der Waals surface area contributed by atoms with Crippen LogP contribution in [0.25, 0.3) is 0 Å². The number of rotatable bonds is 7. The zero-order valence-electron chi connectivity index (χ0n) is 15.6. The van der Waals surface area contributed by atoms with Gasteiger partial charge in [0.25, 0.3) is 5.91 Å². The lowest BCUT2D eigenvalue weighted by Crippen LogP contribution is -3.28. The number of hydrogen-bond donors (Lipinski definition) is 3. The van der Waals surface area contributed by atoms with Gasteiger partial charge in [0.05, 0.1) is 13.2 Å². The first-order valence-corrected chi connectivity index (χ1v) is 10.1. The van der Waals surface area contributed by atoms with E-state index in [4.69, 9.17) is 4.74 Å². The molecular formula is C20H29N3O2S+2. The first kappa shape index (κ1) is 18.9. The molecule has 1 saturated heterocycles. The van der Waals surface area contributed by atoms with E-state index in [0.717, 1.165) is 38.5 Å². The second-order valence-electron chi connectivity index (χ2n) is 7.01. The monoisotopic (exact) mass is 375 g/mol. The molecule has 6 heteroatoms. The highest BCUT2D eigenvalue weighted by Crippen LogP contribution is 2.17. The predicted octanol–water partition coefficient (Wildman–Crippen LogP) is -0.0825. The Balaban J connectivity index is 1.39. The Labute approximate surface area is 159 Å². The molecule has 2 heterocycles. The maximum Gasteiger partial charge on any atom is 0.275 e. The Bertz CT molecular complexity index is 680. The van der Waals surface area contributed by atoms with Crippen LogP contribution in [0.5, 0.6) is 5.75 Å². The molecule has 140 valence electrons. The van der Waals surface area contributed by atoms with E-state index in [1.165, 1.54) is 15.3 Å². The maximum absolute atomic E-state index is 12.3. The summed E-state index contributed by atoms with van der Waals surface area (Å²) in [6.07, 6.45) is 0. The lowest BCUT2D eigenvalue weighted by atomic mass is 10.2. The zero-order valence-corrected chi connectivity index (χ0v) is 16.4. The van der Waals surface area contributed by atoms with Gasteiger partial charge in [0.1, 0.15) is 38.5 Å². The molecule has 0 aliphatic carbocycles. The molecule has 0 bridgehead atoms.